The van der Waals surface area contributed by atoms with Gasteiger partial charge in [-0.05, 0) is 12.3 Å². The molecule has 1 saturated carbocycles. The Morgan fingerprint density at radius 3 is 2.69 bits per heavy atom. The first-order valence-corrected chi connectivity index (χ1v) is 4.26. The van der Waals surface area contributed by atoms with Gasteiger partial charge in [-0.3, -0.25) is 4.79 Å². The van der Waals surface area contributed by atoms with Crippen LogP contribution in [0, 0.1) is 5.92 Å². The summed E-state index contributed by atoms with van der Waals surface area (Å²) in [6, 6.07) is -0.633. The minimum atomic E-state index is -2.64. The molecule has 1 unspecified atom stereocenters. The van der Waals surface area contributed by atoms with E-state index < -0.39 is 17.9 Å². The zero-order valence-corrected chi connectivity index (χ0v) is 7.17. The van der Waals surface area contributed by atoms with Crippen molar-refractivity contribution in [1.29, 1.82) is 0 Å². The van der Waals surface area contributed by atoms with Crippen molar-refractivity contribution in [3.05, 3.63) is 0 Å². The topological polar surface area (TPSA) is 63.3 Å². The van der Waals surface area contributed by atoms with Crippen LogP contribution in [0.15, 0.2) is 0 Å². The number of rotatable bonds is 3. The standard InChI is InChI=1S/C8H13F2NO2/c9-8(10)2-1-5(4-8)6(11)3-7(12)13/h5-6H,1-4,11H2,(H,12,13)/t5?,6-/m0/s1. The number of hydrogen-bond donors (Lipinski definition) is 2. The van der Waals surface area contributed by atoms with Crippen LogP contribution in [0.3, 0.4) is 0 Å². The zero-order chi connectivity index (χ0) is 10.1. The lowest BCUT2D eigenvalue weighted by molar-refractivity contribution is -0.137. The van der Waals surface area contributed by atoms with Gasteiger partial charge in [0.25, 0.3) is 0 Å². The van der Waals surface area contributed by atoms with Crippen molar-refractivity contribution in [2.24, 2.45) is 11.7 Å². The second-order valence-electron chi connectivity index (χ2n) is 3.62. The Hall–Kier alpha value is -0.710. The summed E-state index contributed by atoms with van der Waals surface area (Å²) >= 11 is 0. The maximum Gasteiger partial charge on any atom is 0.304 e. The Balaban J connectivity index is 2.42. The van der Waals surface area contributed by atoms with E-state index in [0.29, 0.717) is 6.42 Å². The van der Waals surface area contributed by atoms with Crippen molar-refractivity contribution in [1.82, 2.24) is 0 Å². The third kappa shape index (κ3) is 2.91. The predicted molar refractivity (Wildman–Crippen MR) is 42.5 cm³/mol. The highest BCUT2D eigenvalue weighted by molar-refractivity contribution is 5.67. The van der Waals surface area contributed by atoms with Gasteiger partial charge < -0.3 is 10.8 Å². The third-order valence-electron chi connectivity index (χ3n) is 2.46. The van der Waals surface area contributed by atoms with Gasteiger partial charge in [-0.1, -0.05) is 0 Å². The average molecular weight is 193 g/mol. The molecule has 1 aliphatic carbocycles. The summed E-state index contributed by atoms with van der Waals surface area (Å²) in [5, 5.41) is 8.41. The quantitative estimate of drug-likeness (QED) is 0.708. The molecule has 1 rings (SSSR count). The van der Waals surface area contributed by atoms with Crippen LogP contribution in [0.25, 0.3) is 0 Å². The summed E-state index contributed by atoms with van der Waals surface area (Å²) in [4.78, 5) is 10.3. The van der Waals surface area contributed by atoms with Gasteiger partial charge in [0.05, 0.1) is 6.42 Å². The molecule has 0 aliphatic heterocycles. The lowest BCUT2D eigenvalue weighted by atomic mass is 9.96. The highest BCUT2D eigenvalue weighted by atomic mass is 19.3. The van der Waals surface area contributed by atoms with Gasteiger partial charge in [-0.15, -0.1) is 0 Å². The summed E-state index contributed by atoms with van der Waals surface area (Å²) in [5.74, 6) is -4.00. The molecule has 0 bridgehead atoms. The maximum atomic E-state index is 12.7. The highest BCUT2D eigenvalue weighted by Crippen LogP contribution is 2.40. The van der Waals surface area contributed by atoms with E-state index in [1.54, 1.807) is 0 Å². The first-order chi connectivity index (χ1) is 5.91. The van der Waals surface area contributed by atoms with E-state index >= 15 is 0 Å². The maximum absolute atomic E-state index is 12.7. The highest BCUT2D eigenvalue weighted by Gasteiger charge is 2.41. The van der Waals surface area contributed by atoms with Gasteiger partial charge in [0, 0.05) is 18.9 Å². The van der Waals surface area contributed by atoms with Crippen LogP contribution in [0.4, 0.5) is 8.78 Å². The number of carbonyl (C=O) groups is 1. The van der Waals surface area contributed by atoms with Crippen molar-refractivity contribution in [3.63, 3.8) is 0 Å². The minimum absolute atomic E-state index is 0.162. The van der Waals surface area contributed by atoms with E-state index in [1.165, 1.54) is 0 Å². The van der Waals surface area contributed by atoms with E-state index in [-0.39, 0.29) is 25.2 Å². The van der Waals surface area contributed by atoms with Crippen molar-refractivity contribution in [2.75, 3.05) is 0 Å². The van der Waals surface area contributed by atoms with Gasteiger partial charge in [0.1, 0.15) is 0 Å². The zero-order valence-electron chi connectivity index (χ0n) is 7.17. The molecule has 0 heterocycles. The first kappa shape index (κ1) is 10.4. The summed E-state index contributed by atoms with van der Waals surface area (Å²) in [6.07, 6.45) is -0.311. The second kappa shape index (κ2) is 3.57. The fourth-order valence-corrected chi connectivity index (χ4v) is 1.72. The summed E-state index contributed by atoms with van der Waals surface area (Å²) < 4.78 is 25.4. The second-order valence-corrected chi connectivity index (χ2v) is 3.62. The van der Waals surface area contributed by atoms with Crippen LogP contribution in [0.2, 0.25) is 0 Å². The Morgan fingerprint density at radius 1 is 1.69 bits per heavy atom. The molecule has 3 nitrogen and oxygen atoms in total. The fourth-order valence-electron chi connectivity index (χ4n) is 1.72. The molecule has 0 aromatic heterocycles. The molecule has 0 aromatic rings. The lowest BCUT2D eigenvalue weighted by Crippen LogP contribution is -2.31. The number of aliphatic carboxylic acids is 1. The fraction of sp³-hybridized carbons (Fsp3) is 0.875. The van der Waals surface area contributed by atoms with Crippen molar-refractivity contribution in [2.45, 2.75) is 37.6 Å². The molecule has 0 spiro atoms. The van der Waals surface area contributed by atoms with Gasteiger partial charge in [-0.25, -0.2) is 8.78 Å². The van der Waals surface area contributed by atoms with Crippen LogP contribution < -0.4 is 5.73 Å². The Labute approximate surface area is 74.9 Å². The third-order valence-corrected chi connectivity index (χ3v) is 2.46. The Bertz CT molecular complexity index is 208. The number of halogens is 2. The monoisotopic (exact) mass is 193 g/mol. The number of carboxylic acid groups (broad SMARTS) is 1. The van der Waals surface area contributed by atoms with Crippen molar-refractivity contribution < 1.29 is 18.7 Å². The van der Waals surface area contributed by atoms with E-state index in [1.807, 2.05) is 0 Å². The van der Waals surface area contributed by atoms with Crippen LogP contribution in [-0.2, 0) is 4.79 Å². The molecule has 76 valence electrons. The van der Waals surface area contributed by atoms with Gasteiger partial charge in [-0.2, -0.15) is 0 Å². The smallest absolute Gasteiger partial charge is 0.304 e. The summed E-state index contributed by atoms with van der Waals surface area (Å²) in [6.45, 7) is 0. The predicted octanol–water partition coefficient (Wildman–Crippen LogP) is 1.22. The van der Waals surface area contributed by atoms with E-state index in [9.17, 15) is 13.6 Å². The van der Waals surface area contributed by atoms with Crippen LogP contribution >= 0.6 is 0 Å². The first-order valence-electron chi connectivity index (χ1n) is 4.26. The molecule has 0 radical (unpaired) electrons. The van der Waals surface area contributed by atoms with Crippen molar-refractivity contribution in [3.8, 4) is 0 Å². The Morgan fingerprint density at radius 2 is 2.31 bits per heavy atom. The van der Waals surface area contributed by atoms with E-state index in [2.05, 4.69) is 0 Å². The normalized spacial score (nSPS) is 28.7. The number of nitrogens with two attached hydrogens (primary N) is 1. The largest absolute Gasteiger partial charge is 0.481 e. The molecule has 0 amide bonds. The molecule has 5 heteroatoms. The molecular weight excluding hydrogens is 180 g/mol. The van der Waals surface area contributed by atoms with Crippen LogP contribution in [0.1, 0.15) is 25.7 Å². The molecule has 2 atom stereocenters. The van der Waals surface area contributed by atoms with Crippen LogP contribution in [-0.4, -0.2) is 23.0 Å². The minimum Gasteiger partial charge on any atom is -0.481 e. The summed E-state index contributed by atoms with van der Waals surface area (Å²) in [7, 11) is 0. The van der Waals surface area contributed by atoms with Gasteiger partial charge in [0.2, 0.25) is 5.92 Å². The average Bonchev–Trinajstić information content (AvgIpc) is 2.28. The molecular formula is C8H13F2NO2. The van der Waals surface area contributed by atoms with Gasteiger partial charge in [0.15, 0.2) is 0 Å². The molecule has 13 heavy (non-hydrogen) atoms. The SMILES string of the molecule is N[C@@H](CC(=O)O)C1CCC(F)(F)C1. The number of carboxylic acids is 1. The molecule has 0 aromatic carbocycles. The summed E-state index contributed by atoms with van der Waals surface area (Å²) in [5.41, 5.74) is 5.49. The van der Waals surface area contributed by atoms with E-state index in [0.717, 1.165) is 0 Å². The Kier molecular flexibility index (Phi) is 2.85. The molecule has 0 saturated heterocycles. The molecule has 1 fully saturated rings. The lowest BCUT2D eigenvalue weighted by Gasteiger charge is -2.16. The van der Waals surface area contributed by atoms with E-state index in [4.69, 9.17) is 10.8 Å². The number of hydrogen-bond acceptors (Lipinski definition) is 2. The van der Waals surface area contributed by atoms with Crippen molar-refractivity contribution >= 4 is 5.97 Å². The molecule has 1 aliphatic rings. The number of alkyl halides is 2. The molecule has 3 N–H and O–H groups in total. The van der Waals surface area contributed by atoms with Crippen LogP contribution in [0.5, 0.6) is 0 Å². The van der Waals surface area contributed by atoms with Gasteiger partial charge >= 0.3 is 5.97 Å².